The molecule has 0 aliphatic rings. The van der Waals surface area contributed by atoms with Crippen molar-refractivity contribution < 1.29 is 0 Å². The van der Waals surface area contributed by atoms with Gasteiger partial charge in [-0.3, -0.25) is 0 Å². The van der Waals surface area contributed by atoms with Crippen molar-refractivity contribution in [3.63, 3.8) is 0 Å². The zero-order valence-electron chi connectivity index (χ0n) is 13.7. The van der Waals surface area contributed by atoms with Crippen LogP contribution < -0.4 is 10.6 Å². The lowest BCUT2D eigenvalue weighted by atomic mass is 10.1. The van der Waals surface area contributed by atoms with Gasteiger partial charge >= 0.3 is 0 Å². The van der Waals surface area contributed by atoms with Crippen LogP contribution in [0.2, 0.25) is 0 Å². The summed E-state index contributed by atoms with van der Waals surface area (Å²) in [4.78, 5) is 0. The van der Waals surface area contributed by atoms with Gasteiger partial charge in [0.05, 0.1) is 0 Å². The first-order valence-electron chi connectivity index (χ1n) is 7.52. The van der Waals surface area contributed by atoms with Crippen LogP contribution in [0.1, 0.15) is 37.5 Å². The fraction of sp³-hybridized carbons (Fsp3) is 0.368. The van der Waals surface area contributed by atoms with Crippen LogP contribution in [0, 0.1) is 13.8 Å². The summed E-state index contributed by atoms with van der Waals surface area (Å²) in [6.07, 6.45) is 0. The molecule has 0 atom stereocenters. The lowest BCUT2D eigenvalue weighted by Crippen LogP contribution is -2.26. The fourth-order valence-electron chi connectivity index (χ4n) is 2.30. The molecule has 0 saturated heterocycles. The summed E-state index contributed by atoms with van der Waals surface area (Å²) in [7, 11) is 0. The molecule has 0 amide bonds. The van der Waals surface area contributed by atoms with E-state index < -0.39 is 0 Å². The van der Waals surface area contributed by atoms with E-state index in [0.29, 0.717) is 0 Å². The molecule has 0 saturated carbocycles. The monoisotopic (exact) mass is 282 g/mol. The third kappa shape index (κ3) is 4.82. The molecule has 2 aromatic carbocycles. The second kappa shape index (κ2) is 6.21. The van der Waals surface area contributed by atoms with E-state index in [4.69, 9.17) is 0 Å². The fourth-order valence-corrected chi connectivity index (χ4v) is 2.30. The molecule has 21 heavy (non-hydrogen) atoms. The molecule has 2 rings (SSSR count). The van der Waals surface area contributed by atoms with Gasteiger partial charge in [-0.2, -0.15) is 0 Å². The zero-order chi connectivity index (χ0) is 15.5. The van der Waals surface area contributed by atoms with Crippen molar-refractivity contribution >= 4 is 11.4 Å². The minimum atomic E-state index is 0.0694. The van der Waals surface area contributed by atoms with Gasteiger partial charge in [0.15, 0.2) is 0 Å². The first-order chi connectivity index (χ1) is 9.83. The lowest BCUT2D eigenvalue weighted by molar-refractivity contribution is 0.633. The van der Waals surface area contributed by atoms with Gasteiger partial charge < -0.3 is 10.6 Å². The van der Waals surface area contributed by atoms with Gasteiger partial charge in [0.1, 0.15) is 0 Å². The number of hydrogen-bond donors (Lipinski definition) is 2. The maximum atomic E-state index is 3.56. The minimum absolute atomic E-state index is 0.0694. The van der Waals surface area contributed by atoms with E-state index in [2.05, 4.69) is 87.7 Å². The predicted molar refractivity (Wildman–Crippen MR) is 93.1 cm³/mol. The molecular weight excluding hydrogens is 256 g/mol. The highest BCUT2D eigenvalue weighted by molar-refractivity contribution is 5.62. The van der Waals surface area contributed by atoms with Crippen molar-refractivity contribution in [3.05, 3.63) is 59.2 Å². The Morgan fingerprint density at radius 3 is 2.38 bits per heavy atom. The summed E-state index contributed by atoms with van der Waals surface area (Å²) in [5, 5.41) is 7.06. The van der Waals surface area contributed by atoms with Crippen molar-refractivity contribution in [2.24, 2.45) is 0 Å². The molecule has 0 aliphatic heterocycles. The van der Waals surface area contributed by atoms with Gasteiger partial charge in [0.2, 0.25) is 0 Å². The van der Waals surface area contributed by atoms with E-state index in [1.54, 1.807) is 0 Å². The molecule has 0 bridgehead atoms. The molecular formula is C19H26N2. The summed E-state index contributed by atoms with van der Waals surface area (Å²) < 4.78 is 0. The number of anilines is 2. The summed E-state index contributed by atoms with van der Waals surface area (Å²) >= 11 is 0. The van der Waals surface area contributed by atoms with Crippen LogP contribution in [0.5, 0.6) is 0 Å². The summed E-state index contributed by atoms with van der Waals surface area (Å²) in [6.45, 7) is 11.6. The van der Waals surface area contributed by atoms with Crippen molar-refractivity contribution in [1.29, 1.82) is 0 Å². The number of rotatable bonds is 4. The smallest absolute Gasteiger partial charge is 0.0400 e. The molecule has 0 fully saturated rings. The van der Waals surface area contributed by atoms with E-state index in [0.717, 1.165) is 12.2 Å². The molecule has 112 valence electrons. The Kier molecular flexibility index (Phi) is 4.56. The molecule has 0 unspecified atom stereocenters. The number of hydrogen-bond acceptors (Lipinski definition) is 2. The number of benzene rings is 2. The van der Waals surface area contributed by atoms with Gasteiger partial charge in [-0.1, -0.05) is 35.9 Å². The van der Waals surface area contributed by atoms with E-state index >= 15 is 0 Å². The highest BCUT2D eigenvalue weighted by atomic mass is 15.0. The van der Waals surface area contributed by atoms with Gasteiger partial charge in [-0.05, 0) is 57.9 Å². The first-order valence-corrected chi connectivity index (χ1v) is 7.52. The third-order valence-electron chi connectivity index (χ3n) is 3.33. The Hall–Kier alpha value is -1.96. The largest absolute Gasteiger partial charge is 0.381 e. The third-order valence-corrected chi connectivity index (χ3v) is 3.33. The van der Waals surface area contributed by atoms with Gasteiger partial charge in [0.25, 0.3) is 0 Å². The zero-order valence-corrected chi connectivity index (χ0v) is 13.7. The Morgan fingerprint density at radius 1 is 0.952 bits per heavy atom. The van der Waals surface area contributed by atoms with E-state index in [9.17, 15) is 0 Å². The highest BCUT2D eigenvalue weighted by Gasteiger charge is 2.11. The molecule has 0 heterocycles. The summed E-state index contributed by atoms with van der Waals surface area (Å²) in [5.74, 6) is 0. The van der Waals surface area contributed by atoms with Crippen LogP contribution in [0.25, 0.3) is 0 Å². The molecule has 0 radical (unpaired) electrons. The van der Waals surface area contributed by atoms with E-state index in [-0.39, 0.29) is 5.54 Å². The number of nitrogens with one attached hydrogen (secondary N) is 2. The number of aryl methyl sites for hydroxylation is 2. The molecule has 2 N–H and O–H groups in total. The Morgan fingerprint density at radius 2 is 1.71 bits per heavy atom. The maximum absolute atomic E-state index is 3.56. The van der Waals surface area contributed by atoms with Crippen LogP contribution in [-0.4, -0.2) is 5.54 Å². The van der Waals surface area contributed by atoms with Gasteiger partial charge in [-0.15, -0.1) is 0 Å². The van der Waals surface area contributed by atoms with Crippen molar-refractivity contribution in [2.75, 3.05) is 10.6 Å². The SMILES string of the molecule is Cc1cccc(CNc2ccc(C)c(NC(C)(C)C)c2)c1. The topological polar surface area (TPSA) is 24.1 Å². The Labute approximate surface area is 128 Å². The van der Waals surface area contributed by atoms with Crippen LogP contribution in [0.15, 0.2) is 42.5 Å². The molecule has 0 aromatic heterocycles. The average Bonchev–Trinajstić information content (AvgIpc) is 2.38. The van der Waals surface area contributed by atoms with E-state index in [1.165, 1.54) is 22.4 Å². The van der Waals surface area contributed by atoms with Crippen LogP contribution >= 0.6 is 0 Å². The lowest BCUT2D eigenvalue weighted by Gasteiger charge is -2.24. The molecule has 2 heteroatoms. The van der Waals surface area contributed by atoms with Crippen molar-refractivity contribution in [2.45, 2.75) is 46.7 Å². The molecule has 2 aromatic rings. The second-order valence-electron chi connectivity index (χ2n) is 6.75. The van der Waals surface area contributed by atoms with Gasteiger partial charge in [-0.25, -0.2) is 0 Å². The van der Waals surface area contributed by atoms with E-state index in [1.807, 2.05) is 0 Å². The van der Waals surface area contributed by atoms with Crippen LogP contribution in [-0.2, 0) is 6.54 Å². The average molecular weight is 282 g/mol. The molecule has 0 spiro atoms. The van der Waals surface area contributed by atoms with Crippen LogP contribution in [0.4, 0.5) is 11.4 Å². The normalized spacial score (nSPS) is 11.3. The predicted octanol–water partition coefficient (Wildman–Crippen LogP) is 5.13. The van der Waals surface area contributed by atoms with Gasteiger partial charge in [0, 0.05) is 23.5 Å². The van der Waals surface area contributed by atoms with Crippen molar-refractivity contribution in [3.8, 4) is 0 Å². The van der Waals surface area contributed by atoms with Crippen LogP contribution in [0.3, 0.4) is 0 Å². The maximum Gasteiger partial charge on any atom is 0.0400 e. The first kappa shape index (κ1) is 15.4. The minimum Gasteiger partial charge on any atom is -0.381 e. The quantitative estimate of drug-likeness (QED) is 0.812. The summed E-state index contributed by atoms with van der Waals surface area (Å²) in [5.41, 5.74) is 6.28. The summed E-state index contributed by atoms with van der Waals surface area (Å²) in [6, 6.07) is 15.1. The molecule has 2 nitrogen and oxygen atoms in total. The second-order valence-corrected chi connectivity index (χ2v) is 6.75. The van der Waals surface area contributed by atoms with Crippen molar-refractivity contribution in [1.82, 2.24) is 0 Å². The highest BCUT2D eigenvalue weighted by Crippen LogP contribution is 2.24. The molecule has 0 aliphatic carbocycles. The Balaban J connectivity index is 2.09. The standard InChI is InChI=1S/C19H26N2/c1-14-7-6-8-16(11-14)13-20-17-10-9-15(2)18(12-17)21-19(3,4)5/h6-12,20-21H,13H2,1-5H3. The Bertz CT molecular complexity index is 609.